The van der Waals surface area contributed by atoms with Gasteiger partial charge in [-0.1, -0.05) is 0 Å². The fraction of sp³-hybridized carbons (Fsp3) is 0.417. The lowest BCUT2D eigenvalue weighted by molar-refractivity contribution is -0.118. The Morgan fingerprint density at radius 1 is 1.12 bits per heavy atom. The summed E-state index contributed by atoms with van der Waals surface area (Å²) < 4.78 is 5.41. The van der Waals surface area contributed by atoms with Crippen molar-refractivity contribution in [1.82, 2.24) is 5.32 Å². The molecule has 0 aliphatic carbocycles. The van der Waals surface area contributed by atoms with E-state index in [1.165, 1.54) is 11.1 Å². The summed E-state index contributed by atoms with van der Waals surface area (Å²) >= 11 is 0. The van der Waals surface area contributed by atoms with E-state index in [1.807, 2.05) is 0 Å². The molecule has 0 saturated carbocycles. The summed E-state index contributed by atoms with van der Waals surface area (Å²) in [4.78, 5) is 11.2. The van der Waals surface area contributed by atoms with Gasteiger partial charge in [0.2, 0.25) is 0 Å². The van der Waals surface area contributed by atoms with E-state index in [4.69, 9.17) is 4.74 Å². The summed E-state index contributed by atoms with van der Waals surface area (Å²) in [7, 11) is 0. The van der Waals surface area contributed by atoms with Crippen LogP contribution in [0.1, 0.15) is 11.1 Å². The van der Waals surface area contributed by atoms with Crippen molar-refractivity contribution < 1.29 is 9.53 Å². The number of fused-ring (bicyclic) bond motifs is 2. The van der Waals surface area contributed by atoms with Gasteiger partial charge in [0, 0.05) is 0 Å². The van der Waals surface area contributed by atoms with Gasteiger partial charge < -0.3 is 15.4 Å². The molecule has 2 aliphatic heterocycles. The maximum Gasteiger partial charge on any atom is 0.262 e. The number of carbonyl (C=O) groups is 1. The van der Waals surface area contributed by atoms with Crippen LogP contribution in [0.2, 0.25) is 0 Å². The Balaban J connectivity index is 0.00000108. The number of halogens is 1. The van der Waals surface area contributed by atoms with E-state index < -0.39 is 0 Å². The van der Waals surface area contributed by atoms with Gasteiger partial charge >= 0.3 is 0 Å². The molecule has 17 heavy (non-hydrogen) atoms. The van der Waals surface area contributed by atoms with Gasteiger partial charge in [-0.25, -0.2) is 0 Å². The number of hydrogen-bond acceptors (Lipinski definition) is 3. The predicted molar refractivity (Wildman–Crippen MR) is 68.1 cm³/mol. The van der Waals surface area contributed by atoms with Crippen molar-refractivity contribution in [3.05, 3.63) is 23.3 Å². The van der Waals surface area contributed by atoms with Gasteiger partial charge in [0.1, 0.15) is 5.75 Å². The van der Waals surface area contributed by atoms with Gasteiger partial charge in [-0.15, -0.1) is 12.4 Å². The van der Waals surface area contributed by atoms with E-state index in [1.54, 1.807) is 0 Å². The number of benzene rings is 1. The number of nitrogens with one attached hydrogen (secondary N) is 2. The monoisotopic (exact) mass is 254 g/mol. The fourth-order valence-electron chi connectivity index (χ4n) is 2.25. The van der Waals surface area contributed by atoms with Crippen LogP contribution in [0.5, 0.6) is 5.75 Å². The quantitative estimate of drug-likeness (QED) is 0.730. The van der Waals surface area contributed by atoms with Crippen LogP contribution in [-0.4, -0.2) is 25.6 Å². The second-order valence-electron chi connectivity index (χ2n) is 4.20. The third kappa shape index (κ3) is 2.37. The zero-order valence-corrected chi connectivity index (χ0v) is 10.2. The molecule has 0 spiro atoms. The van der Waals surface area contributed by atoms with Crippen LogP contribution in [0.25, 0.3) is 0 Å². The topological polar surface area (TPSA) is 50.4 Å². The Hall–Kier alpha value is -1.26. The number of carbonyl (C=O) groups excluding carboxylic acids is 1. The third-order valence-corrected chi connectivity index (χ3v) is 3.08. The van der Waals surface area contributed by atoms with Crippen molar-refractivity contribution in [3.8, 4) is 5.75 Å². The molecule has 2 N–H and O–H groups in total. The van der Waals surface area contributed by atoms with E-state index in [9.17, 15) is 4.79 Å². The zero-order chi connectivity index (χ0) is 11.0. The molecule has 0 aromatic heterocycles. The summed E-state index contributed by atoms with van der Waals surface area (Å²) in [6.07, 6.45) is 2.04. The molecule has 1 aromatic carbocycles. The van der Waals surface area contributed by atoms with Crippen molar-refractivity contribution >= 4 is 24.0 Å². The molecule has 0 fully saturated rings. The van der Waals surface area contributed by atoms with E-state index >= 15 is 0 Å². The summed E-state index contributed by atoms with van der Waals surface area (Å²) in [6.45, 7) is 2.14. The average Bonchev–Trinajstić information content (AvgIpc) is 2.50. The lowest BCUT2D eigenvalue weighted by Crippen LogP contribution is -2.25. The van der Waals surface area contributed by atoms with Crippen molar-refractivity contribution in [2.24, 2.45) is 0 Å². The molecule has 1 amide bonds. The summed E-state index contributed by atoms with van der Waals surface area (Å²) in [5, 5.41) is 6.21. The highest BCUT2D eigenvalue weighted by Crippen LogP contribution is 2.32. The molecule has 2 heterocycles. The van der Waals surface area contributed by atoms with Crippen LogP contribution in [0.15, 0.2) is 12.1 Å². The molecule has 2 aliphatic rings. The molecular formula is C12H15ClN2O2. The van der Waals surface area contributed by atoms with E-state index in [0.29, 0.717) is 0 Å². The maximum absolute atomic E-state index is 11.2. The molecule has 0 saturated heterocycles. The minimum absolute atomic E-state index is 0. The second kappa shape index (κ2) is 4.94. The van der Waals surface area contributed by atoms with Crippen LogP contribution in [0.4, 0.5) is 5.69 Å². The standard InChI is InChI=1S/C12H14N2O2.ClH/c15-12-7-16-11-6-9-2-4-13-3-1-8(9)5-10(11)14-12;/h5-6,13H,1-4,7H2,(H,14,15);1H. The molecule has 3 rings (SSSR count). The Kier molecular flexibility index (Phi) is 3.54. The average molecular weight is 255 g/mol. The van der Waals surface area contributed by atoms with Crippen molar-refractivity contribution in [1.29, 1.82) is 0 Å². The third-order valence-electron chi connectivity index (χ3n) is 3.08. The highest BCUT2D eigenvalue weighted by Gasteiger charge is 2.19. The van der Waals surface area contributed by atoms with Crippen LogP contribution in [0.3, 0.4) is 0 Å². The molecule has 0 bridgehead atoms. The lowest BCUT2D eigenvalue weighted by Gasteiger charge is -2.20. The molecule has 0 atom stereocenters. The molecular weight excluding hydrogens is 240 g/mol. The summed E-state index contributed by atoms with van der Waals surface area (Å²) in [6, 6.07) is 4.12. The second-order valence-corrected chi connectivity index (χ2v) is 4.20. The van der Waals surface area contributed by atoms with Gasteiger partial charge in [-0.2, -0.15) is 0 Å². The summed E-state index contributed by atoms with van der Waals surface area (Å²) in [5.74, 6) is 0.736. The SMILES string of the molecule is Cl.O=C1COc2cc3c(cc2N1)CCNCC3. The number of ether oxygens (including phenoxy) is 1. The van der Waals surface area contributed by atoms with E-state index in [2.05, 4.69) is 22.8 Å². The number of hydrogen-bond donors (Lipinski definition) is 2. The number of anilines is 1. The normalized spacial score (nSPS) is 17.8. The minimum Gasteiger partial charge on any atom is -0.482 e. The first-order valence-corrected chi connectivity index (χ1v) is 5.62. The Morgan fingerprint density at radius 2 is 1.82 bits per heavy atom. The van der Waals surface area contributed by atoms with E-state index in [0.717, 1.165) is 37.4 Å². The van der Waals surface area contributed by atoms with Crippen molar-refractivity contribution in [2.45, 2.75) is 12.8 Å². The first-order valence-electron chi connectivity index (χ1n) is 5.62. The first kappa shape index (κ1) is 12.2. The maximum atomic E-state index is 11.2. The molecule has 4 nitrogen and oxygen atoms in total. The molecule has 92 valence electrons. The van der Waals surface area contributed by atoms with Crippen LogP contribution < -0.4 is 15.4 Å². The van der Waals surface area contributed by atoms with Gasteiger partial charge in [0.15, 0.2) is 6.61 Å². The first-order chi connectivity index (χ1) is 7.83. The fourth-order valence-corrected chi connectivity index (χ4v) is 2.25. The number of rotatable bonds is 0. The minimum atomic E-state index is -0.0702. The van der Waals surface area contributed by atoms with E-state index in [-0.39, 0.29) is 24.9 Å². The Morgan fingerprint density at radius 3 is 2.59 bits per heavy atom. The molecule has 5 heteroatoms. The van der Waals surface area contributed by atoms with Crippen molar-refractivity contribution in [2.75, 3.05) is 25.0 Å². The smallest absolute Gasteiger partial charge is 0.262 e. The highest BCUT2D eigenvalue weighted by molar-refractivity contribution is 5.95. The largest absolute Gasteiger partial charge is 0.482 e. The Labute approximate surface area is 106 Å². The number of amides is 1. The van der Waals surface area contributed by atoms with Crippen LogP contribution >= 0.6 is 12.4 Å². The lowest BCUT2D eigenvalue weighted by atomic mass is 10.0. The van der Waals surface area contributed by atoms with Gasteiger partial charge in [-0.3, -0.25) is 4.79 Å². The van der Waals surface area contributed by atoms with Crippen LogP contribution in [0, 0.1) is 0 Å². The van der Waals surface area contributed by atoms with Crippen LogP contribution in [-0.2, 0) is 17.6 Å². The van der Waals surface area contributed by atoms with Crippen molar-refractivity contribution in [3.63, 3.8) is 0 Å². The van der Waals surface area contributed by atoms with Gasteiger partial charge in [0.05, 0.1) is 5.69 Å². The molecule has 1 aromatic rings. The van der Waals surface area contributed by atoms with Gasteiger partial charge in [-0.05, 0) is 49.2 Å². The summed E-state index contributed by atoms with van der Waals surface area (Å²) in [5.41, 5.74) is 3.46. The molecule has 0 radical (unpaired) electrons. The highest BCUT2D eigenvalue weighted by atomic mass is 35.5. The Bertz CT molecular complexity index is 448. The molecule has 0 unspecified atom stereocenters. The van der Waals surface area contributed by atoms with Gasteiger partial charge in [0.25, 0.3) is 5.91 Å². The predicted octanol–water partition coefficient (Wildman–Crippen LogP) is 1.13. The zero-order valence-electron chi connectivity index (χ0n) is 9.41.